The van der Waals surface area contributed by atoms with Crippen molar-refractivity contribution in [2.45, 2.75) is 65.1 Å². The number of nitrogens with two attached hydrogens (primary N) is 1. The first kappa shape index (κ1) is 32.2. The third-order valence-electron chi connectivity index (χ3n) is 5.84. The van der Waals surface area contributed by atoms with Crippen LogP contribution in [-0.4, -0.2) is 54.3 Å². The zero-order valence-electron chi connectivity index (χ0n) is 23.3. The minimum atomic E-state index is -1.02. The standard InChI is InChI=1S/C29H38N4O6S/c1-5-39-24(35)16-14-20(13-15-23(30)34)31-26(36)21(18-19-10-7-6-8-11-19)32-28(38)25(29(2,3)4)33-27(37)22-12-9-17-40-22/h6-12,14,16-17,20-21,25H,5,13,15,18H2,1-4H3,(H2,30,34)(H,31,36)(H,32,38)(H,33,37)/b16-14+. The van der Waals surface area contributed by atoms with E-state index in [4.69, 9.17) is 10.5 Å². The molecular formula is C29H38N4O6S. The van der Waals surface area contributed by atoms with E-state index >= 15 is 0 Å². The van der Waals surface area contributed by atoms with Crippen molar-refractivity contribution < 1.29 is 28.7 Å². The second kappa shape index (κ2) is 15.6. The molecule has 3 unspecified atom stereocenters. The fourth-order valence-electron chi connectivity index (χ4n) is 3.78. The summed E-state index contributed by atoms with van der Waals surface area (Å²) in [5.41, 5.74) is 5.42. The summed E-state index contributed by atoms with van der Waals surface area (Å²) >= 11 is 1.26. The topological polar surface area (TPSA) is 157 Å². The average molecular weight is 571 g/mol. The predicted octanol–water partition coefficient (Wildman–Crippen LogP) is 2.49. The van der Waals surface area contributed by atoms with E-state index in [1.807, 2.05) is 51.1 Å². The monoisotopic (exact) mass is 570 g/mol. The van der Waals surface area contributed by atoms with E-state index < -0.39 is 47.2 Å². The number of carbonyl (C=O) groups excluding carboxylic acids is 5. The quantitative estimate of drug-likeness (QED) is 0.202. The molecule has 0 radical (unpaired) electrons. The summed E-state index contributed by atoms with van der Waals surface area (Å²) in [5, 5.41) is 10.2. The van der Waals surface area contributed by atoms with E-state index in [-0.39, 0.29) is 31.8 Å². The molecule has 0 fully saturated rings. The van der Waals surface area contributed by atoms with Gasteiger partial charge in [-0.05, 0) is 35.8 Å². The van der Waals surface area contributed by atoms with Gasteiger partial charge < -0.3 is 26.4 Å². The predicted molar refractivity (Wildman–Crippen MR) is 153 cm³/mol. The summed E-state index contributed by atoms with van der Waals surface area (Å²) < 4.78 is 4.90. The third-order valence-corrected chi connectivity index (χ3v) is 6.71. The zero-order valence-corrected chi connectivity index (χ0v) is 24.1. The van der Waals surface area contributed by atoms with Crippen molar-refractivity contribution in [1.29, 1.82) is 0 Å². The smallest absolute Gasteiger partial charge is 0.330 e. The van der Waals surface area contributed by atoms with Crippen LogP contribution in [0.4, 0.5) is 0 Å². The van der Waals surface area contributed by atoms with Crippen LogP contribution in [0.25, 0.3) is 0 Å². The minimum Gasteiger partial charge on any atom is -0.463 e. The van der Waals surface area contributed by atoms with Crippen molar-refractivity contribution >= 4 is 40.9 Å². The Bertz CT molecular complexity index is 1170. The number of thiophene rings is 1. The van der Waals surface area contributed by atoms with Crippen LogP contribution in [0.5, 0.6) is 0 Å². The van der Waals surface area contributed by atoms with Crippen LogP contribution >= 0.6 is 11.3 Å². The van der Waals surface area contributed by atoms with Gasteiger partial charge in [-0.25, -0.2) is 4.79 Å². The van der Waals surface area contributed by atoms with Crippen LogP contribution in [0, 0.1) is 5.41 Å². The lowest BCUT2D eigenvalue weighted by Crippen LogP contribution is -2.58. The van der Waals surface area contributed by atoms with E-state index in [9.17, 15) is 24.0 Å². The summed E-state index contributed by atoms with van der Waals surface area (Å²) in [6, 6.07) is 9.87. The molecule has 1 aromatic heterocycles. The first-order chi connectivity index (χ1) is 18.9. The summed E-state index contributed by atoms with van der Waals surface area (Å²) in [4.78, 5) is 63.5. The maximum absolute atomic E-state index is 13.5. The van der Waals surface area contributed by atoms with Crippen molar-refractivity contribution in [3.05, 3.63) is 70.4 Å². The lowest BCUT2D eigenvalue weighted by molar-refractivity contribution is -0.137. The number of benzene rings is 1. The number of hydrogen-bond acceptors (Lipinski definition) is 7. The minimum absolute atomic E-state index is 0.0331. The Labute approximate surface area is 238 Å². The molecule has 216 valence electrons. The highest BCUT2D eigenvalue weighted by molar-refractivity contribution is 7.12. The van der Waals surface area contributed by atoms with Crippen LogP contribution in [0.1, 0.15) is 55.8 Å². The first-order valence-corrected chi connectivity index (χ1v) is 13.9. The number of rotatable bonds is 14. The molecule has 0 aliphatic rings. The van der Waals surface area contributed by atoms with Gasteiger partial charge in [0.1, 0.15) is 12.1 Å². The molecular weight excluding hydrogens is 532 g/mol. The van der Waals surface area contributed by atoms with Crippen molar-refractivity contribution in [3.8, 4) is 0 Å². The Balaban J connectivity index is 2.29. The Morgan fingerprint density at radius 3 is 2.25 bits per heavy atom. The molecule has 0 aliphatic heterocycles. The van der Waals surface area contributed by atoms with Gasteiger partial charge in [0, 0.05) is 25.0 Å². The Morgan fingerprint density at radius 1 is 0.975 bits per heavy atom. The number of carbonyl (C=O) groups is 5. The molecule has 0 bridgehead atoms. The molecule has 2 rings (SSSR count). The molecule has 2 aromatic rings. The van der Waals surface area contributed by atoms with Crippen LogP contribution in [-0.2, 0) is 30.3 Å². The highest BCUT2D eigenvalue weighted by Gasteiger charge is 2.35. The second-order valence-electron chi connectivity index (χ2n) is 10.2. The summed E-state index contributed by atoms with van der Waals surface area (Å²) in [6.07, 6.45) is 2.88. The van der Waals surface area contributed by atoms with E-state index in [0.29, 0.717) is 4.88 Å². The van der Waals surface area contributed by atoms with Gasteiger partial charge in [-0.2, -0.15) is 0 Å². The molecule has 4 amide bonds. The van der Waals surface area contributed by atoms with E-state index in [1.54, 1.807) is 24.4 Å². The second-order valence-corrected chi connectivity index (χ2v) is 11.2. The fraction of sp³-hybridized carbons (Fsp3) is 0.414. The summed E-state index contributed by atoms with van der Waals surface area (Å²) in [6.45, 7) is 7.31. The van der Waals surface area contributed by atoms with Gasteiger partial charge in [-0.15, -0.1) is 11.3 Å². The highest BCUT2D eigenvalue weighted by atomic mass is 32.1. The summed E-state index contributed by atoms with van der Waals surface area (Å²) in [7, 11) is 0. The lowest BCUT2D eigenvalue weighted by atomic mass is 9.85. The Kier molecular flexibility index (Phi) is 12.5. The van der Waals surface area contributed by atoms with E-state index in [2.05, 4.69) is 16.0 Å². The molecule has 40 heavy (non-hydrogen) atoms. The molecule has 10 nitrogen and oxygen atoms in total. The number of amides is 4. The number of primary amides is 1. The van der Waals surface area contributed by atoms with Crippen LogP contribution in [0.15, 0.2) is 60.0 Å². The SMILES string of the molecule is CCOC(=O)/C=C/C(CCC(N)=O)NC(=O)C(Cc1ccccc1)NC(=O)C(NC(=O)c1cccs1)C(C)(C)C. The zero-order chi connectivity index (χ0) is 29.7. The van der Waals surface area contributed by atoms with Gasteiger partial charge in [0.25, 0.3) is 5.91 Å². The molecule has 1 aromatic carbocycles. The Hall–Kier alpha value is -3.99. The van der Waals surface area contributed by atoms with Crippen LogP contribution in [0.3, 0.4) is 0 Å². The van der Waals surface area contributed by atoms with E-state index in [1.165, 1.54) is 23.5 Å². The molecule has 3 atom stereocenters. The third kappa shape index (κ3) is 11.0. The largest absolute Gasteiger partial charge is 0.463 e. The van der Waals surface area contributed by atoms with Crippen LogP contribution < -0.4 is 21.7 Å². The fourth-order valence-corrected chi connectivity index (χ4v) is 4.41. The van der Waals surface area contributed by atoms with Gasteiger partial charge >= 0.3 is 5.97 Å². The van der Waals surface area contributed by atoms with Gasteiger partial charge in [0.05, 0.1) is 11.5 Å². The number of esters is 1. The molecule has 0 saturated carbocycles. The molecule has 0 saturated heterocycles. The maximum atomic E-state index is 13.5. The maximum Gasteiger partial charge on any atom is 0.330 e. The first-order valence-electron chi connectivity index (χ1n) is 13.0. The van der Waals surface area contributed by atoms with Crippen molar-refractivity contribution in [1.82, 2.24) is 16.0 Å². The van der Waals surface area contributed by atoms with Gasteiger partial charge in [-0.3, -0.25) is 19.2 Å². The van der Waals surface area contributed by atoms with Crippen molar-refractivity contribution in [2.75, 3.05) is 6.61 Å². The number of ether oxygens (including phenoxy) is 1. The van der Waals surface area contributed by atoms with Gasteiger partial charge in [-0.1, -0.05) is 63.2 Å². The lowest BCUT2D eigenvalue weighted by Gasteiger charge is -2.32. The van der Waals surface area contributed by atoms with Crippen molar-refractivity contribution in [2.24, 2.45) is 11.1 Å². The molecule has 1 heterocycles. The van der Waals surface area contributed by atoms with Crippen LogP contribution in [0.2, 0.25) is 0 Å². The highest BCUT2D eigenvalue weighted by Crippen LogP contribution is 2.21. The van der Waals surface area contributed by atoms with Crippen molar-refractivity contribution in [3.63, 3.8) is 0 Å². The molecule has 5 N–H and O–H groups in total. The normalized spacial score (nSPS) is 13.6. The van der Waals surface area contributed by atoms with Gasteiger partial charge in [0.15, 0.2) is 0 Å². The van der Waals surface area contributed by atoms with E-state index in [0.717, 1.165) is 5.56 Å². The van der Waals surface area contributed by atoms with Gasteiger partial charge in [0.2, 0.25) is 17.7 Å². The molecule has 0 aliphatic carbocycles. The summed E-state index contributed by atoms with van der Waals surface area (Å²) in [5.74, 6) is -2.59. The molecule has 11 heteroatoms. The average Bonchev–Trinajstić information content (AvgIpc) is 3.43. The number of hydrogen-bond donors (Lipinski definition) is 4. The molecule has 0 spiro atoms. The Morgan fingerprint density at radius 2 is 1.68 bits per heavy atom. The number of nitrogens with one attached hydrogen (secondary N) is 3.